The fourth-order valence-electron chi connectivity index (χ4n) is 4.70. The molecule has 2 aliphatic rings. The predicted molar refractivity (Wildman–Crippen MR) is 154 cm³/mol. The largest absolute Gasteiger partial charge is 0.436 e. The number of thiocarbonyl (C=S) groups is 1. The summed E-state index contributed by atoms with van der Waals surface area (Å²) in [6.07, 6.45) is 4.03. The summed E-state index contributed by atoms with van der Waals surface area (Å²) in [5.74, 6) is -0.455. The van der Waals surface area contributed by atoms with Gasteiger partial charge in [-0.05, 0) is 68.2 Å². The van der Waals surface area contributed by atoms with Crippen molar-refractivity contribution in [2.24, 2.45) is 5.92 Å². The average molecular weight is 579 g/mol. The number of halogens is 1. The Morgan fingerprint density at radius 3 is 2.46 bits per heavy atom. The molecule has 1 aromatic heterocycles. The molecule has 0 unspecified atom stereocenters. The van der Waals surface area contributed by atoms with Crippen molar-refractivity contribution < 1.29 is 23.5 Å². The molecular formula is C29H31FN6O4S. The highest BCUT2D eigenvalue weighted by atomic mass is 32.1. The predicted octanol–water partition coefficient (Wildman–Crippen LogP) is 4.38. The Bertz CT molecular complexity index is 1380. The lowest BCUT2D eigenvalue weighted by atomic mass is 9.95. The molecule has 0 bridgehead atoms. The molecule has 214 valence electrons. The van der Waals surface area contributed by atoms with Gasteiger partial charge in [-0.15, -0.1) is 0 Å². The van der Waals surface area contributed by atoms with Crippen LogP contribution in [0.4, 0.5) is 14.9 Å². The maximum atomic E-state index is 14.8. The van der Waals surface area contributed by atoms with E-state index in [1.54, 1.807) is 11.0 Å². The molecule has 0 radical (unpaired) electrons. The molecule has 5 rings (SSSR count). The number of piperidine rings is 1. The van der Waals surface area contributed by atoms with Crippen molar-refractivity contribution in [1.29, 1.82) is 0 Å². The molecule has 0 saturated carbocycles. The Balaban J connectivity index is 1.10. The van der Waals surface area contributed by atoms with E-state index in [1.165, 1.54) is 44.0 Å². The zero-order valence-corrected chi connectivity index (χ0v) is 23.2. The van der Waals surface area contributed by atoms with Gasteiger partial charge in [0, 0.05) is 31.4 Å². The highest BCUT2D eigenvalue weighted by molar-refractivity contribution is 7.80. The second-order valence-electron chi connectivity index (χ2n) is 10.1. The van der Waals surface area contributed by atoms with Gasteiger partial charge < -0.3 is 29.9 Å². The number of rotatable bonds is 8. The number of benzene rings is 2. The molecule has 0 spiro atoms. The maximum absolute atomic E-state index is 14.8. The SMILES string of the molecule is O=C(Cc1ccccc1)NC(=S)Nc1ccc(Oc2cc(OC(=O)N3CCC(CN4CCC4)CC3)ncn2)c(F)c1. The molecular weight excluding hydrogens is 547 g/mol. The van der Waals surface area contributed by atoms with Crippen molar-refractivity contribution in [3.05, 3.63) is 72.3 Å². The first kappa shape index (κ1) is 28.4. The van der Waals surface area contributed by atoms with Crippen LogP contribution in [0.25, 0.3) is 0 Å². The van der Waals surface area contributed by atoms with E-state index < -0.39 is 11.9 Å². The summed E-state index contributed by atoms with van der Waals surface area (Å²) in [5, 5.41) is 5.40. The zero-order valence-electron chi connectivity index (χ0n) is 22.4. The third-order valence-electron chi connectivity index (χ3n) is 7.01. The molecule has 0 aliphatic carbocycles. The van der Waals surface area contributed by atoms with Crippen LogP contribution in [-0.4, -0.2) is 69.6 Å². The Hall–Kier alpha value is -4.16. The van der Waals surface area contributed by atoms with Crippen LogP contribution < -0.4 is 20.1 Å². The summed E-state index contributed by atoms with van der Waals surface area (Å²) < 4.78 is 25.8. The van der Waals surface area contributed by atoms with Crippen molar-refractivity contribution in [2.45, 2.75) is 25.7 Å². The normalized spacial score (nSPS) is 15.5. The summed E-state index contributed by atoms with van der Waals surface area (Å²) in [6, 6.07) is 14.7. The second kappa shape index (κ2) is 13.5. The molecule has 41 heavy (non-hydrogen) atoms. The number of nitrogens with one attached hydrogen (secondary N) is 2. The highest BCUT2D eigenvalue weighted by Crippen LogP contribution is 2.27. The Morgan fingerprint density at radius 1 is 1.00 bits per heavy atom. The first-order valence-electron chi connectivity index (χ1n) is 13.5. The fraction of sp³-hybridized carbons (Fsp3) is 0.345. The highest BCUT2D eigenvalue weighted by Gasteiger charge is 2.27. The van der Waals surface area contributed by atoms with Crippen molar-refractivity contribution in [3.63, 3.8) is 0 Å². The van der Waals surface area contributed by atoms with Gasteiger partial charge in [-0.2, -0.15) is 0 Å². The monoisotopic (exact) mass is 578 g/mol. The van der Waals surface area contributed by atoms with Crippen LogP contribution in [-0.2, 0) is 11.2 Å². The molecule has 10 nitrogen and oxygen atoms in total. The number of aromatic nitrogens is 2. The first-order chi connectivity index (χ1) is 19.9. The molecule has 2 amide bonds. The van der Waals surface area contributed by atoms with Gasteiger partial charge in [-0.1, -0.05) is 30.3 Å². The van der Waals surface area contributed by atoms with E-state index in [9.17, 15) is 14.0 Å². The minimum absolute atomic E-state index is 0.0120. The molecule has 3 heterocycles. The zero-order chi connectivity index (χ0) is 28.6. The van der Waals surface area contributed by atoms with Gasteiger partial charge >= 0.3 is 6.09 Å². The molecule has 12 heteroatoms. The van der Waals surface area contributed by atoms with Crippen molar-refractivity contribution in [2.75, 3.05) is 38.0 Å². The van der Waals surface area contributed by atoms with Gasteiger partial charge in [0.15, 0.2) is 16.7 Å². The second-order valence-corrected chi connectivity index (χ2v) is 10.5. The summed E-state index contributed by atoms with van der Waals surface area (Å²) in [7, 11) is 0. The summed E-state index contributed by atoms with van der Waals surface area (Å²) in [4.78, 5) is 37.0. The quantitative estimate of drug-likeness (QED) is 0.377. The average Bonchev–Trinajstić information content (AvgIpc) is 2.93. The number of ether oxygens (including phenoxy) is 2. The minimum Gasteiger partial charge on any atom is -0.436 e. The number of nitrogens with zero attached hydrogens (tertiary/aromatic N) is 4. The lowest BCUT2D eigenvalue weighted by Crippen LogP contribution is -2.45. The van der Waals surface area contributed by atoms with Crippen molar-refractivity contribution in [3.8, 4) is 17.5 Å². The van der Waals surface area contributed by atoms with Crippen LogP contribution in [0, 0.1) is 11.7 Å². The number of likely N-dealkylation sites (tertiary alicyclic amines) is 2. The van der Waals surface area contributed by atoms with Crippen molar-refractivity contribution >= 4 is 35.0 Å². The van der Waals surface area contributed by atoms with Crippen LogP contribution >= 0.6 is 12.2 Å². The van der Waals surface area contributed by atoms with Gasteiger partial charge in [0.1, 0.15) is 6.33 Å². The van der Waals surface area contributed by atoms with Crippen LogP contribution in [0.5, 0.6) is 17.5 Å². The lowest BCUT2D eigenvalue weighted by Gasteiger charge is -2.37. The summed E-state index contributed by atoms with van der Waals surface area (Å²) in [6.45, 7) is 4.72. The standard InChI is InChI=1S/C29H31FN6O4S/c30-23-16-22(33-28(41)34-25(37)15-20-5-2-1-3-6-20)7-8-24(23)39-26-17-27(32-19-31-26)40-29(38)36-13-9-21(10-14-36)18-35-11-4-12-35/h1-3,5-8,16-17,19,21H,4,9-15,18H2,(H2,33,34,37,41). The van der Waals surface area contributed by atoms with E-state index in [1.807, 2.05) is 30.3 Å². The number of anilines is 1. The summed E-state index contributed by atoms with van der Waals surface area (Å²) >= 11 is 5.17. The van der Waals surface area contributed by atoms with Gasteiger partial charge in [0.25, 0.3) is 0 Å². The smallest absolute Gasteiger partial charge is 0.416 e. The van der Waals surface area contributed by atoms with Gasteiger partial charge in [-0.3, -0.25) is 4.79 Å². The summed E-state index contributed by atoms with van der Waals surface area (Å²) in [5.41, 5.74) is 1.17. The van der Waals surface area contributed by atoms with E-state index >= 15 is 0 Å². The van der Waals surface area contributed by atoms with Crippen LogP contribution in [0.3, 0.4) is 0 Å². The fourth-order valence-corrected chi connectivity index (χ4v) is 4.94. The van der Waals surface area contributed by atoms with Crippen molar-refractivity contribution in [1.82, 2.24) is 25.1 Å². The van der Waals surface area contributed by atoms with E-state index in [-0.39, 0.29) is 34.9 Å². The molecule has 2 aliphatic heterocycles. The third-order valence-corrected chi connectivity index (χ3v) is 7.22. The Labute approximate surface area is 242 Å². The molecule has 2 saturated heterocycles. The minimum atomic E-state index is -0.688. The molecule has 2 fully saturated rings. The molecule has 0 atom stereocenters. The maximum Gasteiger partial charge on any atom is 0.416 e. The molecule has 2 N–H and O–H groups in total. The molecule has 2 aromatic carbocycles. The van der Waals surface area contributed by atoms with Gasteiger partial charge in [0.2, 0.25) is 17.7 Å². The van der Waals surface area contributed by atoms with Crippen LogP contribution in [0.15, 0.2) is 60.9 Å². The topological polar surface area (TPSA) is 109 Å². The third kappa shape index (κ3) is 8.18. The lowest BCUT2D eigenvalue weighted by molar-refractivity contribution is -0.119. The van der Waals surface area contributed by atoms with E-state index in [4.69, 9.17) is 21.7 Å². The number of carbonyl (C=O) groups is 2. The molecule has 3 aromatic rings. The number of carbonyl (C=O) groups excluding carboxylic acids is 2. The van der Waals surface area contributed by atoms with E-state index in [2.05, 4.69) is 25.5 Å². The van der Waals surface area contributed by atoms with Crippen LogP contribution in [0.1, 0.15) is 24.8 Å². The number of hydrogen-bond donors (Lipinski definition) is 2. The van der Waals surface area contributed by atoms with Crippen LogP contribution in [0.2, 0.25) is 0 Å². The Morgan fingerprint density at radius 2 is 1.76 bits per heavy atom. The van der Waals surface area contributed by atoms with E-state index in [0.29, 0.717) is 24.7 Å². The van der Waals surface area contributed by atoms with Gasteiger partial charge in [0.05, 0.1) is 12.5 Å². The Kier molecular flexibility index (Phi) is 9.32. The first-order valence-corrected chi connectivity index (χ1v) is 14.0. The number of amides is 2. The van der Waals surface area contributed by atoms with E-state index in [0.717, 1.165) is 24.9 Å². The van der Waals surface area contributed by atoms with Gasteiger partial charge in [-0.25, -0.2) is 19.2 Å². The number of hydrogen-bond acceptors (Lipinski definition) is 8.